The molecule has 2 heterocycles. The third kappa shape index (κ3) is 10.9. The summed E-state index contributed by atoms with van der Waals surface area (Å²) in [5.41, 5.74) is 1.99. The van der Waals surface area contributed by atoms with E-state index >= 15 is 0 Å². The second-order valence-electron chi connectivity index (χ2n) is 10.4. The molecule has 43 heavy (non-hydrogen) atoms. The van der Waals surface area contributed by atoms with Crippen molar-refractivity contribution in [3.8, 4) is 0 Å². The third-order valence-corrected chi connectivity index (χ3v) is 6.47. The van der Waals surface area contributed by atoms with Gasteiger partial charge in [-0.15, -0.1) is 0 Å². The van der Waals surface area contributed by atoms with E-state index in [1.165, 1.54) is 12.5 Å². The summed E-state index contributed by atoms with van der Waals surface area (Å²) >= 11 is 0. The van der Waals surface area contributed by atoms with E-state index in [0.717, 1.165) is 12.7 Å². The van der Waals surface area contributed by atoms with Crippen LogP contribution in [-0.2, 0) is 43.3 Å². The first kappa shape index (κ1) is 32.7. The Labute approximate surface area is 249 Å². The van der Waals surface area contributed by atoms with Crippen LogP contribution in [0.2, 0.25) is 0 Å². The van der Waals surface area contributed by atoms with Crippen LogP contribution in [0.25, 0.3) is 0 Å². The molecule has 0 radical (unpaired) electrons. The molecule has 4 atom stereocenters. The Balaban J connectivity index is 1.79. The highest BCUT2D eigenvalue weighted by Gasteiger charge is 2.33. The van der Waals surface area contributed by atoms with Gasteiger partial charge in [-0.1, -0.05) is 50.2 Å². The summed E-state index contributed by atoms with van der Waals surface area (Å²) in [4.78, 5) is 62.9. The average molecular weight is 595 g/mol. The van der Waals surface area contributed by atoms with Crippen molar-refractivity contribution in [1.82, 2.24) is 30.9 Å². The number of nitrogens with one attached hydrogen (secondary N) is 4. The number of hydrogen-bond donors (Lipinski definition) is 5. The second kappa shape index (κ2) is 16.6. The lowest BCUT2D eigenvalue weighted by atomic mass is 9.98. The fourth-order valence-electron chi connectivity index (χ4n) is 4.31. The first-order valence-electron chi connectivity index (χ1n) is 13.9. The summed E-state index contributed by atoms with van der Waals surface area (Å²) in [6.07, 6.45) is 4.01. The van der Waals surface area contributed by atoms with Crippen molar-refractivity contribution >= 4 is 23.9 Å². The molecule has 0 aliphatic heterocycles. The van der Waals surface area contributed by atoms with Crippen LogP contribution < -0.4 is 16.0 Å². The van der Waals surface area contributed by atoms with Gasteiger partial charge in [-0.2, -0.15) is 0 Å². The number of hydrogen-bond acceptors (Lipinski definition) is 9. The first-order chi connectivity index (χ1) is 20.7. The molecule has 2 aromatic heterocycles. The number of aliphatic hydroxyl groups excluding tert-OH is 1. The van der Waals surface area contributed by atoms with Gasteiger partial charge in [0.1, 0.15) is 18.7 Å². The van der Waals surface area contributed by atoms with Crippen LogP contribution in [-0.4, -0.2) is 75.3 Å². The topological polar surface area (TPSA) is 185 Å². The van der Waals surface area contributed by atoms with E-state index in [1.54, 1.807) is 36.7 Å². The Morgan fingerprint density at radius 1 is 0.884 bits per heavy atom. The molecule has 0 saturated carbocycles. The number of imidazole rings is 1. The number of ether oxygens (including phenoxy) is 2. The fraction of sp³-hybridized carbons (Fsp3) is 0.400. The number of pyridine rings is 1. The van der Waals surface area contributed by atoms with Gasteiger partial charge in [-0.05, 0) is 29.5 Å². The molecule has 13 heteroatoms. The van der Waals surface area contributed by atoms with Gasteiger partial charge in [0.2, 0.25) is 11.8 Å². The maximum atomic E-state index is 13.6. The van der Waals surface area contributed by atoms with Gasteiger partial charge in [0.05, 0.1) is 19.5 Å². The van der Waals surface area contributed by atoms with Gasteiger partial charge in [-0.25, -0.2) is 14.6 Å². The summed E-state index contributed by atoms with van der Waals surface area (Å²) in [5, 5.41) is 18.5. The maximum absolute atomic E-state index is 13.6. The molecule has 3 amide bonds. The number of H-pyrrole nitrogens is 1. The quantitative estimate of drug-likeness (QED) is 0.162. The largest absolute Gasteiger partial charge is 0.467 e. The summed E-state index contributed by atoms with van der Waals surface area (Å²) in [6, 6.07) is 9.27. The predicted molar refractivity (Wildman–Crippen MR) is 155 cm³/mol. The molecule has 0 spiro atoms. The van der Waals surface area contributed by atoms with Crippen molar-refractivity contribution < 1.29 is 33.8 Å². The van der Waals surface area contributed by atoms with E-state index in [0.29, 0.717) is 11.3 Å². The Bertz CT molecular complexity index is 1310. The highest BCUT2D eigenvalue weighted by atomic mass is 16.5. The minimum absolute atomic E-state index is 0.00147. The van der Waals surface area contributed by atoms with Crippen LogP contribution in [0.1, 0.15) is 37.1 Å². The number of methoxy groups -OCH3 is 1. The number of carbonyl (C=O) groups is 4. The minimum Gasteiger partial charge on any atom is -0.467 e. The molecule has 0 aliphatic carbocycles. The molecule has 0 bridgehead atoms. The van der Waals surface area contributed by atoms with Crippen molar-refractivity contribution in [2.24, 2.45) is 5.92 Å². The number of alkyl carbamates (subject to hydrolysis) is 1. The zero-order valence-corrected chi connectivity index (χ0v) is 24.4. The second-order valence-corrected chi connectivity index (χ2v) is 10.4. The maximum Gasteiger partial charge on any atom is 0.408 e. The van der Waals surface area contributed by atoms with E-state index in [1.807, 2.05) is 32.0 Å². The lowest BCUT2D eigenvalue weighted by Gasteiger charge is -2.28. The van der Waals surface area contributed by atoms with Crippen molar-refractivity contribution in [2.45, 2.75) is 63.9 Å². The number of amides is 3. The molecular weight excluding hydrogens is 556 g/mol. The van der Waals surface area contributed by atoms with Crippen LogP contribution >= 0.6 is 0 Å². The number of aliphatic hydroxyl groups is 1. The number of benzene rings is 1. The Hall–Kier alpha value is -4.78. The Morgan fingerprint density at radius 2 is 1.58 bits per heavy atom. The highest BCUT2D eigenvalue weighted by Crippen LogP contribution is 2.12. The summed E-state index contributed by atoms with van der Waals surface area (Å²) in [6.45, 7) is 3.75. The molecule has 1 unspecified atom stereocenters. The van der Waals surface area contributed by atoms with E-state index in [2.05, 4.69) is 35.6 Å². The smallest absolute Gasteiger partial charge is 0.408 e. The third-order valence-electron chi connectivity index (χ3n) is 6.47. The molecule has 1 aromatic carbocycles. The van der Waals surface area contributed by atoms with Crippen molar-refractivity contribution in [2.75, 3.05) is 7.11 Å². The summed E-state index contributed by atoms with van der Waals surface area (Å²) in [5.74, 6) is -2.19. The monoisotopic (exact) mass is 594 g/mol. The molecule has 0 fully saturated rings. The molecule has 3 aromatic rings. The summed E-state index contributed by atoms with van der Waals surface area (Å²) < 4.78 is 9.98. The van der Waals surface area contributed by atoms with Crippen LogP contribution in [0.3, 0.4) is 0 Å². The van der Waals surface area contributed by atoms with Gasteiger partial charge < -0.3 is 35.5 Å². The summed E-state index contributed by atoms with van der Waals surface area (Å²) in [7, 11) is 1.14. The lowest BCUT2D eigenvalue weighted by Crippen LogP contribution is -2.58. The number of rotatable bonds is 15. The Kier molecular flexibility index (Phi) is 12.6. The average Bonchev–Trinajstić information content (AvgIpc) is 3.52. The standard InChI is InChI=1S/C30H38N6O7/c1-19(2)12-23(26(37)29(40)42-3)34-28(39)25(14-22-16-32-18-33-22)35-27(38)24(13-21-10-7-11-31-15-21)36-30(41)43-17-20-8-5-4-6-9-20/h4-11,15-16,18-19,23-26,37H,12-14,17H2,1-3H3,(H,32,33)(H,34,39)(H,35,38)(H,36,41)/t23-,24-,25?,26-/m0/s1. The van der Waals surface area contributed by atoms with E-state index in [9.17, 15) is 24.3 Å². The van der Waals surface area contributed by atoms with E-state index in [4.69, 9.17) is 4.74 Å². The van der Waals surface area contributed by atoms with Crippen molar-refractivity contribution in [3.63, 3.8) is 0 Å². The van der Waals surface area contributed by atoms with Crippen LogP contribution in [0.5, 0.6) is 0 Å². The molecular formula is C30H38N6O7. The zero-order chi connectivity index (χ0) is 31.2. The molecule has 0 aliphatic rings. The van der Waals surface area contributed by atoms with E-state index in [-0.39, 0.29) is 31.8 Å². The van der Waals surface area contributed by atoms with Gasteiger partial charge in [0.25, 0.3) is 0 Å². The Morgan fingerprint density at radius 3 is 2.21 bits per heavy atom. The lowest BCUT2D eigenvalue weighted by molar-refractivity contribution is -0.152. The van der Waals surface area contributed by atoms with Gasteiger partial charge >= 0.3 is 12.1 Å². The number of nitrogens with zero attached hydrogens (tertiary/aromatic N) is 2. The van der Waals surface area contributed by atoms with E-state index < -0.39 is 48.1 Å². The molecule has 13 nitrogen and oxygen atoms in total. The highest BCUT2D eigenvalue weighted by molar-refractivity contribution is 5.92. The van der Waals surface area contributed by atoms with Crippen LogP contribution in [0.15, 0.2) is 67.4 Å². The molecule has 0 saturated heterocycles. The molecule has 3 rings (SSSR count). The van der Waals surface area contributed by atoms with Gasteiger partial charge in [0.15, 0.2) is 6.10 Å². The molecule has 230 valence electrons. The number of esters is 1. The molecule has 5 N–H and O–H groups in total. The van der Waals surface area contributed by atoms with Crippen molar-refractivity contribution in [1.29, 1.82) is 0 Å². The van der Waals surface area contributed by atoms with Crippen molar-refractivity contribution in [3.05, 3.63) is 84.2 Å². The minimum atomic E-state index is -1.61. The zero-order valence-electron chi connectivity index (χ0n) is 24.4. The first-order valence-corrected chi connectivity index (χ1v) is 13.9. The van der Waals surface area contributed by atoms with Gasteiger partial charge in [0, 0.05) is 37.1 Å². The number of carbonyl (C=O) groups excluding carboxylic acids is 4. The predicted octanol–water partition coefficient (Wildman–Crippen LogP) is 1.43. The fourth-order valence-corrected chi connectivity index (χ4v) is 4.31. The number of aromatic nitrogens is 3. The van der Waals surface area contributed by atoms with Crippen LogP contribution in [0.4, 0.5) is 4.79 Å². The SMILES string of the molecule is COC(=O)[C@@H](O)[C@H](CC(C)C)NC(=O)C(Cc1cnc[nH]1)NC(=O)[C@H](Cc1cccnc1)NC(=O)OCc1ccccc1. The van der Waals surface area contributed by atoms with Gasteiger partial charge in [-0.3, -0.25) is 14.6 Å². The normalized spacial score (nSPS) is 13.7. The number of aromatic amines is 1. The van der Waals surface area contributed by atoms with Crippen LogP contribution in [0, 0.1) is 5.92 Å².